The average molecular weight is 290 g/mol. The molecule has 4 rings (SSSR count). The van der Waals surface area contributed by atoms with Crippen LogP contribution in [0.1, 0.15) is 5.56 Å². The first kappa shape index (κ1) is 12.6. The molecule has 0 atom stereocenters. The lowest BCUT2D eigenvalue weighted by molar-refractivity contribution is 0.476. The fourth-order valence-electron chi connectivity index (χ4n) is 2.67. The van der Waals surface area contributed by atoms with Gasteiger partial charge in [-0.15, -0.1) is 0 Å². The smallest absolute Gasteiger partial charge is 0.141 e. The molecule has 0 bridgehead atoms. The van der Waals surface area contributed by atoms with Gasteiger partial charge >= 0.3 is 0 Å². The van der Waals surface area contributed by atoms with Crippen molar-refractivity contribution < 1.29 is 5.11 Å². The maximum atomic E-state index is 10.3. The van der Waals surface area contributed by atoms with E-state index in [-0.39, 0.29) is 5.75 Å². The Hall–Kier alpha value is -3.08. The Bertz CT molecular complexity index is 911. The molecule has 2 aromatic carbocycles. The Morgan fingerprint density at radius 1 is 1.05 bits per heavy atom. The lowest BCUT2D eigenvalue weighted by Gasteiger charge is -2.08. The third-order valence-corrected chi connectivity index (χ3v) is 3.71. The number of imidazole rings is 1. The second-order valence-corrected chi connectivity index (χ2v) is 5.12. The first-order valence-electron chi connectivity index (χ1n) is 7.02. The van der Waals surface area contributed by atoms with Gasteiger partial charge in [0, 0.05) is 17.8 Å². The fraction of sp³-hybridized carbons (Fsp3) is 0.0588. The molecule has 2 heterocycles. The van der Waals surface area contributed by atoms with Crippen molar-refractivity contribution in [3.05, 3.63) is 72.9 Å². The predicted octanol–water partition coefficient (Wildman–Crippen LogP) is 2.98. The van der Waals surface area contributed by atoms with Gasteiger partial charge in [-0.3, -0.25) is 4.68 Å². The molecule has 1 N–H and O–H groups in total. The minimum atomic E-state index is 0.229. The molecule has 5 heteroatoms. The minimum absolute atomic E-state index is 0.229. The van der Waals surface area contributed by atoms with Crippen molar-refractivity contribution >= 4 is 10.9 Å². The van der Waals surface area contributed by atoms with Crippen LogP contribution in [0.4, 0.5) is 0 Å². The molecule has 0 unspecified atom stereocenters. The highest BCUT2D eigenvalue weighted by Gasteiger charge is 2.13. The number of fused-ring (bicyclic) bond motifs is 1. The largest absolute Gasteiger partial charge is 0.506 e. The van der Waals surface area contributed by atoms with Crippen LogP contribution < -0.4 is 0 Å². The monoisotopic (exact) mass is 290 g/mol. The van der Waals surface area contributed by atoms with Gasteiger partial charge in [-0.1, -0.05) is 30.3 Å². The summed E-state index contributed by atoms with van der Waals surface area (Å²) in [6.45, 7) is 0.616. The van der Waals surface area contributed by atoms with Crippen LogP contribution in [0, 0.1) is 0 Å². The van der Waals surface area contributed by atoms with Crippen molar-refractivity contribution in [2.45, 2.75) is 6.54 Å². The molecule has 108 valence electrons. The number of rotatable bonds is 3. The fourth-order valence-corrected chi connectivity index (χ4v) is 2.67. The van der Waals surface area contributed by atoms with Crippen LogP contribution in [0.3, 0.4) is 0 Å². The van der Waals surface area contributed by atoms with Gasteiger partial charge in [-0.2, -0.15) is 5.10 Å². The molecule has 0 aliphatic heterocycles. The van der Waals surface area contributed by atoms with Gasteiger partial charge in [0.15, 0.2) is 0 Å². The van der Waals surface area contributed by atoms with Crippen LogP contribution in [0.5, 0.6) is 5.75 Å². The Balaban J connectivity index is 1.86. The number of hydrogen-bond donors (Lipinski definition) is 1. The molecule has 0 fully saturated rings. The highest BCUT2D eigenvalue weighted by molar-refractivity contribution is 5.91. The van der Waals surface area contributed by atoms with Crippen molar-refractivity contribution in [1.82, 2.24) is 19.3 Å². The number of benzene rings is 2. The number of phenols is 1. The molecule has 0 spiro atoms. The molecule has 0 aliphatic rings. The Kier molecular flexibility index (Phi) is 2.89. The second kappa shape index (κ2) is 5.04. The Morgan fingerprint density at radius 3 is 2.68 bits per heavy atom. The van der Waals surface area contributed by atoms with Gasteiger partial charge in [-0.05, 0) is 17.7 Å². The van der Waals surface area contributed by atoms with Crippen LogP contribution in [0.25, 0.3) is 16.6 Å². The summed E-state index contributed by atoms with van der Waals surface area (Å²) >= 11 is 0. The zero-order chi connectivity index (χ0) is 14.9. The van der Waals surface area contributed by atoms with Crippen molar-refractivity contribution in [1.29, 1.82) is 0 Å². The number of aromatic hydroxyl groups is 1. The van der Waals surface area contributed by atoms with E-state index in [1.165, 1.54) is 0 Å². The van der Waals surface area contributed by atoms with E-state index in [0.29, 0.717) is 6.54 Å². The second-order valence-electron chi connectivity index (χ2n) is 5.12. The molecule has 5 nitrogen and oxygen atoms in total. The quantitative estimate of drug-likeness (QED) is 0.631. The molecular formula is C17H14N4O. The van der Waals surface area contributed by atoms with Crippen LogP contribution in [-0.2, 0) is 6.54 Å². The van der Waals surface area contributed by atoms with Gasteiger partial charge in [-0.25, -0.2) is 4.98 Å². The van der Waals surface area contributed by atoms with Crippen LogP contribution >= 0.6 is 0 Å². The third-order valence-electron chi connectivity index (χ3n) is 3.71. The van der Waals surface area contributed by atoms with Crippen molar-refractivity contribution in [2.75, 3.05) is 0 Å². The first-order chi connectivity index (χ1) is 10.8. The van der Waals surface area contributed by atoms with Gasteiger partial charge < -0.3 is 9.67 Å². The van der Waals surface area contributed by atoms with E-state index in [0.717, 1.165) is 22.2 Å². The summed E-state index contributed by atoms with van der Waals surface area (Å²) in [5.41, 5.74) is 2.82. The molecule has 4 aromatic rings. The topological polar surface area (TPSA) is 55.9 Å². The van der Waals surface area contributed by atoms with Crippen LogP contribution in [0.15, 0.2) is 67.4 Å². The van der Waals surface area contributed by atoms with E-state index in [4.69, 9.17) is 0 Å². The molecule has 2 aromatic heterocycles. The molecule has 0 aliphatic carbocycles. The van der Waals surface area contributed by atoms with Crippen LogP contribution in [-0.4, -0.2) is 24.4 Å². The summed E-state index contributed by atoms with van der Waals surface area (Å²) in [5.74, 6) is 0.229. The number of aromatic nitrogens is 4. The van der Waals surface area contributed by atoms with E-state index >= 15 is 0 Å². The summed E-state index contributed by atoms with van der Waals surface area (Å²) in [7, 11) is 0. The van der Waals surface area contributed by atoms with Gasteiger partial charge in [0.1, 0.15) is 11.3 Å². The maximum Gasteiger partial charge on any atom is 0.141 e. The summed E-state index contributed by atoms with van der Waals surface area (Å²) in [5, 5.41) is 15.6. The number of nitrogens with zero attached hydrogens (tertiary/aromatic N) is 4. The molecule has 0 saturated heterocycles. The predicted molar refractivity (Wildman–Crippen MR) is 84.1 cm³/mol. The number of hydrogen-bond acceptors (Lipinski definition) is 3. The van der Waals surface area contributed by atoms with Crippen molar-refractivity contribution in [3.8, 4) is 11.4 Å². The minimum Gasteiger partial charge on any atom is -0.506 e. The summed E-state index contributed by atoms with van der Waals surface area (Å²) < 4.78 is 3.73. The normalized spacial score (nSPS) is 11.1. The van der Waals surface area contributed by atoms with E-state index in [2.05, 4.69) is 10.1 Å². The first-order valence-corrected chi connectivity index (χ1v) is 7.02. The van der Waals surface area contributed by atoms with Crippen LogP contribution in [0.2, 0.25) is 0 Å². The van der Waals surface area contributed by atoms with Gasteiger partial charge in [0.05, 0.1) is 24.8 Å². The zero-order valence-electron chi connectivity index (χ0n) is 11.8. The third kappa shape index (κ3) is 2.03. The summed E-state index contributed by atoms with van der Waals surface area (Å²) in [6.07, 6.45) is 7.13. The van der Waals surface area contributed by atoms with Crippen molar-refractivity contribution in [3.63, 3.8) is 0 Å². The molecule has 22 heavy (non-hydrogen) atoms. The highest BCUT2D eigenvalue weighted by Crippen LogP contribution is 2.30. The lowest BCUT2D eigenvalue weighted by Crippen LogP contribution is -2.01. The lowest BCUT2D eigenvalue weighted by atomic mass is 10.2. The zero-order valence-corrected chi connectivity index (χ0v) is 11.8. The summed E-state index contributed by atoms with van der Waals surface area (Å²) in [6, 6.07) is 13.6. The average Bonchev–Trinajstić information content (AvgIpc) is 3.20. The molecule has 0 radical (unpaired) electrons. The van der Waals surface area contributed by atoms with Gasteiger partial charge in [0.2, 0.25) is 0 Å². The highest BCUT2D eigenvalue weighted by atomic mass is 16.3. The van der Waals surface area contributed by atoms with E-state index in [1.54, 1.807) is 24.8 Å². The molecule has 0 amide bonds. The maximum absolute atomic E-state index is 10.3. The Labute approximate surface area is 127 Å². The van der Waals surface area contributed by atoms with E-state index < -0.39 is 0 Å². The number of phenolic OH excluding ortho intramolecular Hbond substituents is 1. The van der Waals surface area contributed by atoms with E-state index in [1.807, 2.05) is 51.8 Å². The van der Waals surface area contributed by atoms with E-state index in [9.17, 15) is 5.11 Å². The SMILES string of the molecule is Oc1ccc(-n2ccnc2)c2cnn(Cc3ccccc3)c12. The van der Waals surface area contributed by atoms with Crippen molar-refractivity contribution in [2.24, 2.45) is 0 Å². The molecular weight excluding hydrogens is 276 g/mol. The standard InChI is InChI=1S/C17H14N4O/c22-16-7-6-15(20-9-8-18-12-20)14-10-19-21(17(14)16)11-13-4-2-1-3-5-13/h1-10,12,22H,11H2. The summed E-state index contributed by atoms with van der Waals surface area (Å²) in [4.78, 5) is 4.08. The molecule has 0 saturated carbocycles. The Morgan fingerprint density at radius 2 is 1.91 bits per heavy atom. The van der Waals surface area contributed by atoms with Gasteiger partial charge in [0.25, 0.3) is 0 Å².